The average Bonchev–Trinajstić information content (AvgIpc) is 2.80. The van der Waals surface area contributed by atoms with Crippen LogP contribution in [0.5, 0.6) is 0 Å². The topological polar surface area (TPSA) is 30.8 Å². The number of nitrogens with zero attached hydrogens (tertiary/aromatic N) is 1. The van der Waals surface area contributed by atoms with Crippen LogP contribution in [0.25, 0.3) is 0 Å². The predicted octanol–water partition coefficient (Wildman–Crippen LogP) is 5.14. The van der Waals surface area contributed by atoms with Gasteiger partial charge in [0.25, 0.3) is 5.90 Å². The highest BCUT2D eigenvalue weighted by Crippen LogP contribution is 2.49. The summed E-state index contributed by atoms with van der Waals surface area (Å²) in [5, 5.41) is 4.08. The molecule has 0 spiro atoms. The van der Waals surface area contributed by atoms with E-state index in [1.165, 1.54) is 14.7 Å². The summed E-state index contributed by atoms with van der Waals surface area (Å²) in [5.74, 6) is 0.583. The van der Waals surface area contributed by atoms with E-state index in [2.05, 4.69) is 66.7 Å². The number of fused-ring (bicyclic) bond motifs is 1. The van der Waals surface area contributed by atoms with Crippen molar-refractivity contribution < 1.29 is 9.57 Å². The zero-order valence-electron chi connectivity index (χ0n) is 13.1. The zero-order valence-corrected chi connectivity index (χ0v) is 15.2. The van der Waals surface area contributed by atoms with Gasteiger partial charge in [0.15, 0.2) is 5.60 Å². The molecule has 4 heteroatoms. The van der Waals surface area contributed by atoms with E-state index in [0.29, 0.717) is 5.90 Å². The fraction of sp³-hybridized carbons (Fsp3) is 0.471. The third-order valence-electron chi connectivity index (χ3n) is 3.71. The minimum Gasteiger partial charge on any atom is -0.458 e. The standard InChI is InChI=1S/C17H22INO2/c1-5-6-11-17(15(18)12(2)3)14-10-8-7-9-13(14)16(21-17)19-20-4/h7-10H,5-6,11H2,1-4H3/b19-16-/t17-/m0/s1. The third kappa shape index (κ3) is 2.96. The van der Waals surface area contributed by atoms with Crippen molar-refractivity contribution in [3.05, 3.63) is 44.5 Å². The Kier molecular flexibility index (Phi) is 5.30. The number of halogens is 1. The maximum atomic E-state index is 6.34. The van der Waals surface area contributed by atoms with E-state index in [0.717, 1.165) is 24.8 Å². The van der Waals surface area contributed by atoms with Gasteiger partial charge in [-0.2, -0.15) is 0 Å². The van der Waals surface area contributed by atoms with Crippen LogP contribution in [-0.2, 0) is 15.2 Å². The molecule has 21 heavy (non-hydrogen) atoms. The minimum atomic E-state index is -0.413. The highest BCUT2D eigenvalue weighted by atomic mass is 127. The number of hydrogen-bond acceptors (Lipinski definition) is 3. The van der Waals surface area contributed by atoms with E-state index in [1.807, 2.05) is 6.07 Å². The summed E-state index contributed by atoms with van der Waals surface area (Å²) in [4.78, 5) is 4.97. The molecular weight excluding hydrogens is 377 g/mol. The van der Waals surface area contributed by atoms with Crippen molar-refractivity contribution >= 4 is 28.5 Å². The number of hydrogen-bond donors (Lipinski definition) is 0. The maximum absolute atomic E-state index is 6.34. The van der Waals surface area contributed by atoms with Gasteiger partial charge in [-0.1, -0.05) is 37.1 Å². The van der Waals surface area contributed by atoms with Crippen LogP contribution in [0.15, 0.2) is 38.6 Å². The largest absolute Gasteiger partial charge is 0.458 e. The highest BCUT2D eigenvalue weighted by molar-refractivity contribution is 14.1. The predicted molar refractivity (Wildman–Crippen MR) is 94.7 cm³/mol. The molecule has 0 bridgehead atoms. The molecule has 114 valence electrons. The lowest BCUT2D eigenvalue weighted by Crippen LogP contribution is -2.27. The van der Waals surface area contributed by atoms with Crippen molar-refractivity contribution in [3.8, 4) is 0 Å². The molecule has 0 aromatic heterocycles. The van der Waals surface area contributed by atoms with E-state index in [9.17, 15) is 0 Å². The van der Waals surface area contributed by atoms with Crippen molar-refractivity contribution in [2.45, 2.75) is 45.6 Å². The van der Waals surface area contributed by atoms with Crippen LogP contribution in [0.4, 0.5) is 0 Å². The quantitative estimate of drug-likeness (QED) is 0.507. The van der Waals surface area contributed by atoms with Gasteiger partial charge in [-0.3, -0.25) is 0 Å². The first kappa shape index (κ1) is 16.3. The summed E-state index contributed by atoms with van der Waals surface area (Å²) >= 11 is 2.42. The molecule has 0 saturated carbocycles. The van der Waals surface area contributed by atoms with Crippen molar-refractivity contribution in [2.24, 2.45) is 5.16 Å². The van der Waals surface area contributed by atoms with E-state index in [4.69, 9.17) is 9.57 Å². The third-order valence-corrected chi connectivity index (χ3v) is 5.66. The maximum Gasteiger partial charge on any atom is 0.259 e. The van der Waals surface area contributed by atoms with Gasteiger partial charge in [-0.15, -0.1) is 0 Å². The average molecular weight is 399 g/mol. The Hall–Kier alpha value is -1.04. The molecule has 1 aromatic carbocycles. The summed E-state index contributed by atoms with van der Waals surface area (Å²) < 4.78 is 7.58. The van der Waals surface area contributed by atoms with Crippen LogP contribution in [0.1, 0.15) is 51.2 Å². The molecule has 0 amide bonds. The molecule has 1 atom stereocenters. The molecule has 0 N–H and O–H groups in total. The molecule has 3 nitrogen and oxygen atoms in total. The fourth-order valence-corrected chi connectivity index (χ4v) is 3.41. The highest BCUT2D eigenvalue weighted by Gasteiger charge is 2.46. The Balaban J connectivity index is 2.62. The number of unbranched alkanes of at least 4 members (excludes halogenated alkanes) is 1. The summed E-state index contributed by atoms with van der Waals surface area (Å²) in [6.07, 6.45) is 3.19. The van der Waals surface area contributed by atoms with E-state index >= 15 is 0 Å². The number of allylic oxidation sites excluding steroid dienone is 1. The van der Waals surface area contributed by atoms with Gasteiger partial charge in [0.2, 0.25) is 0 Å². The molecule has 0 saturated heterocycles. The Morgan fingerprint density at radius 2 is 2.05 bits per heavy atom. The van der Waals surface area contributed by atoms with Crippen LogP contribution < -0.4 is 0 Å². The molecule has 1 aromatic rings. The first-order valence-electron chi connectivity index (χ1n) is 7.30. The molecule has 1 heterocycles. The van der Waals surface area contributed by atoms with E-state index in [-0.39, 0.29) is 0 Å². The SMILES string of the molecule is CCCC[C@]1(C(I)=C(C)C)O/C(=N\OC)c2ccccc21. The van der Waals surface area contributed by atoms with E-state index in [1.54, 1.807) is 7.11 Å². The Morgan fingerprint density at radius 3 is 2.67 bits per heavy atom. The summed E-state index contributed by atoms with van der Waals surface area (Å²) in [7, 11) is 1.55. The Bertz CT molecular complexity index is 576. The number of benzene rings is 1. The van der Waals surface area contributed by atoms with Crippen molar-refractivity contribution in [2.75, 3.05) is 7.11 Å². The van der Waals surface area contributed by atoms with Gasteiger partial charge in [0.1, 0.15) is 7.11 Å². The van der Waals surface area contributed by atoms with Crippen LogP contribution in [0.3, 0.4) is 0 Å². The van der Waals surface area contributed by atoms with Gasteiger partial charge in [-0.05, 0) is 60.5 Å². The molecule has 1 aliphatic rings. The molecule has 1 aliphatic heterocycles. The summed E-state index contributed by atoms with van der Waals surface area (Å²) in [6.45, 7) is 6.47. The molecule has 0 aliphatic carbocycles. The zero-order chi connectivity index (χ0) is 15.5. The molecule has 0 radical (unpaired) electrons. The molecule has 2 rings (SSSR count). The second-order valence-corrected chi connectivity index (χ2v) is 6.55. The smallest absolute Gasteiger partial charge is 0.259 e. The van der Waals surface area contributed by atoms with Gasteiger partial charge in [0.05, 0.1) is 0 Å². The fourth-order valence-electron chi connectivity index (χ4n) is 2.74. The second-order valence-electron chi connectivity index (χ2n) is 5.47. The Labute approximate surface area is 140 Å². The lowest BCUT2D eigenvalue weighted by Gasteiger charge is -2.30. The first-order valence-corrected chi connectivity index (χ1v) is 8.38. The second kappa shape index (κ2) is 6.81. The van der Waals surface area contributed by atoms with Crippen LogP contribution in [-0.4, -0.2) is 13.0 Å². The normalized spacial score (nSPS) is 21.9. The minimum absolute atomic E-state index is 0.413. The van der Waals surface area contributed by atoms with Crippen molar-refractivity contribution in [1.29, 1.82) is 0 Å². The van der Waals surface area contributed by atoms with Gasteiger partial charge < -0.3 is 9.57 Å². The van der Waals surface area contributed by atoms with Crippen molar-refractivity contribution in [1.82, 2.24) is 0 Å². The number of oxime groups is 1. The van der Waals surface area contributed by atoms with Crippen LogP contribution in [0, 0.1) is 0 Å². The number of rotatable bonds is 5. The number of ether oxygens (including phenoxy) is 1. The van der Waals surface area contributed by atoms with Gasteiger partial charge in [0, 0.05) is 14.7 Å². The first-order chi connectivity index (χ1) is 10.1. The van der Waals surface area contributed by atoms with Crippen LogP contribution >= 0.6 is 22.6 Å². The van der Waals surface area contributed by atoms with Gasteiger partial charge >= 0.3 is 0 Å². The lowest BCUT2D eigenvalue weighted by atomic mass is 9.86. The lowest BCUT2D eigenvalue weighted by molar-refractivity contribution is 0.0931. The molecular formula is C17H22INO2. The Morgan fingerprint density at radius 1 is 1.33 bits per heavy atom. The van der Waals surface area contributed by atoms with Crippen LogP contribution in [0.2, 0.25) is 0 Å². The monoisotopic (exact) mass is 399 g/mol. The van der Waals surface area contributed by atoms with E-state index < -0.39 is 5.60 Å². The van der Waals surface area contributed by atoms with Gasteiger partial charge in [-0.25, -0.2) is 0 Å². The summed E-state index contributed by atoms with van der Waals surface area (Å²) in [6, 6.07) is 8.27. The molecule has 0 unspecified atom stereocenters. The summed E-state index contributed by atoms with van der Waals surface area (Å²) in [5.41, 5.74) is 3.09. The molecule has 0 fully saturated rings. The van der Waals surface area contributed by atoms with Crippen molar-refractivity contribution in [3.63, 3.8) is 0 Å².